The van der Waals surface area contributed by atoms with E-state index in [1.807, 2.05) is 12.1 Å². The van der Waals surface area contributed by atoms with E-state index in [1.54, 1.807) is 11.1 Å². The normalized spacial score (nSPS) is 23.0. The molecule has 5 aliphatic heterocycles. The Labute approximate surface area is 361 Å². The molecule has 4 saturated heterocycles. The smallest absolute Gasteiger partial charge is 0.319 e. The molecule has 16 heteroatoms. The number of nitrogens with one attached hydrogen (secondary N) is 2. The quantitative estimate of drug-likeness (QED) is 0.141. The van der Waals surface area contributed by atoms with Crippen molar-refractivity contribution < 1.29 is 33.0 Å². The lowest BCUT2D eigenvalue weighted by Crippen LogP contribution is -2.52. The number of carbonyl (C=O) groups excluding carboxylic acids is 3. The van der Waals surface area contributed by atoms with Gasteiger partial charge in [-0.1, -0.05) is 12.0 Å². The fourth-order valence-corrected chi connectivity index (χ4v) is 10.4. The molecule has 3 unspecified atom stereocenters. The summed E-state index contributed by atoms with van der Waals surface area (Å²) in [7, 11) is 0. The number of phenolic OH excluding ortho intramolecular Hbond substituents is 1. The maximum atomic E-state index is 17.1. The molecule has 3 amide bonds. The second-order valence-electron chi connectivity index (χ2n) is 18.0. The molecule has 2 bridgehead atoms. The van der Waals surface area contributed by atoms with Crippen molar-refractivity contribution >= 4 is 50.9 Å². The van der Waals surface area contributed by atoms with Crippen LogP contribution < -0.4 is 25.2 Å². The Morgan fingerprint density at radius 2 is 1.73 bits per heavy atom. The van der Waals surface area contributed by atoms with Crippen LogP contribution in [-0.4, -0.2) is 118 Å². The SMILES string of the molecule is C#Cc1c(F)ccc2cc(O)cc(-c3ncc4c(N5CC6CCC(C5)N6)nc(OCC5(CN6CCN(c7ccc8c(c7)CN(C7CCC(=O)NC7=O)C8=O)CC6)CC5)nc4c3F)c12. The highest BCUT2D eigenvalue weighted by molar-refractivity contribution is 6.06. The minimum atomic E-state index is -0.751. The van der Waals surface area contributed by atoms with Crippen molar-refractivity contribution in [3.8, 4) is 35.4 Å². The van der Waals surface area contributed by atoms with E-state index in [0.29, 0.717) is 54.8 Å². The molecule has 5 aromatic rings. The summed E-state index contributed by atoms with van der Waals surface area (Å²) >= 11 is 0. The van der Waals surface area contributed by atoms with Gasteiger partial charge in [-0.25, -0.2) is 8.78 Å². The van der Waals surface area contributed by atoms with Crippen LogP contribution >= 0.6 is 0 Å². The number of pyridine rings is 1. The fourth-order valence-electron chi connectivity index (χ4n) is 10.4. The lowest BCUT2D eigenvalue weighted by atomic mass is 9.96. The molecule has 14 nitrogen and oxygen atoms in total. The molecule has 11 rings (SSSR count). The maximum absolute atomic E-state index is 17.1. The minimum absolute atomic E-state index is 0.0154. The Bertz CT molecular complexity index is 2790. The number of aromatic nitrogens is 3. The number of rotatable bonds is 9. The van der Waals surface area contributed by atoms with Crippen molar-refractivity contribution in [1.82, 2.24) is 35.4 Å². The zero-order chi connectivity index (χ0) is 43.1. The van der Waals surface area contributed by atoms with Crippen LogP contribution in [0.15, 0.2) is 48.7 Å². The van der Waals surface area contributed by atoms with E-state index in [2.05, 4.69) is 47.3 Å². The van der Waals surface area contributed by atoms with E-state index >= 15 is 8.78 Å². The van der Waals surface area contributed by atoms with Gasteiger partial charge in [-0.3, -0.25) is 29.6 Å². The number of aromatic hydroxyl groups is 1. The van der Waals surface area contributed by atoms with Crippen molar-refractivity contribution in [2.75, 3.05) is 62.2 Å². The first kappa shape index (κ1) is 39.4. The van der Waals surface area contributed by atoms with Crippen LogP contribution in [0.2, 0.25) is 0 Å². The van der Waals surface area contributed by atoms with Crippen LogP contribution in [0, 0.1) is 29.4 Å². The first-order chi connectivity index (χ1) is 30.5. The summed E-state index contributed by atoms with van der Waals surface area (Å²) < 4.78 is 38.5. The number of hydrogen-bond acceptors (Lipinski definition) is 12. The van der Waals surface area contributed by atoms with Crippen molar-refractivity contribution in [3.63, 3.8) is 0 Å². The van der Waals surface area contributed by atoms with E-state index in [-0.39, 0.29) is 75.2 Å². The number of anilines is 2. The topological polar surface area (TPSA) is 156 Å². The first-order valence-electron chi connectivity index (χ1n) is 21.7. The molecule has 3 atom stereocenters. The maximum Gasteiger partial charge on any atom is 0.319 e. The number of imide groups is 1. The van der Waals surface area contributed by atoms with Crippen LogP contribution in [0.3, 0.4) is 0 Å². The average molecular weight is 854 g/mol. The average Bonchev–Trinajstić information content (AvgIpc) is 3.86. The van der Waals surface area contributed by atoms with Gasteiger partial charge in [0.25, 0.3) is 5.91 Å². The molecule has 63 heavy (non-hydrogen) atoms. The molecular weight excluding hydrogens is 809 g/mol. The van der Waals surface area contributed by atoms with Gasteiger partial charge >= 0.3 is 6.01 Å². The van der Waals surface area contributed by atoms with Crippen LogP contribution in [0.4, 0.5) is 20.3 Å². The number of amides is 3. The molecule has 3 N–H and O–H groups in total. The second-order valence-corrected chi connectivity index (χ2v) is 18.0. The van der Waals surface area contributed by atoms with Gasteiger partial charge in [0.05, 0.1) is 17.6 Å². The van der Waals surface area contributed by atoms with Crippen LogP contribution in [0.25, 0.3) is 32.9 Å². The summed E-state index contributed by atoms with van der Waals surface area (Å²) in [5.41, 5.74) is 2.40. The third-order valence-electron chi connectivity index (χ3n) is 13.9. The van der Waals surface area contributed by atoms with E-state index in [9.17, 15) is 19.5 Å². The van der Waals surface area contributed by atoms with Crippen LogP contribution in [0.5, 0.6) is 11.8 Å². The molecule has 3 aromatic carbocycles. The number of piperidine rings is 1. The number of halogens is 2. The molecule has 7 heterocycles. The summed E-state index contributed by atoms with van der Waals surface area (Å²) in [5, 5.41) is 17.8. The molecular formula is C47H45F2N9O5. The largest absolute Gasteiger partial charge is 0.508 e. The highest BCUT2D eigenvalue weighted by Crippen LogP contribution is 2.47. The van der Waals surface area contributed by atoms with Crippen molar-refractivity contribution in [2.24, 2.45) is 5.41 Å². The summed E-state index contributed by atoms with van der Waals surface area (Å²) in [6.45, 7) is 6.15. The summed E-state index contributed by atoms with van der Waals surface area (Å²) in [6.07, 6.45) is 11.9. The number of phenols is 1. The predicted molar refractivity (Wildman–Crippen MR) is 230 cm³/mol. The number of nitrogens with zero attached hydrogens (tertiary/aromatic N) is 7. The van der Waals surface area contributed by atoms with E-state index in [0.717, 1.165) is 69.7 Å². The van der Waals surface area contributed by atoms with E-state index in [1.165, 1.54) is 24.3 Å². The molecule has 322 valence electrons. The van der Waals surface area contributed by atoms with Gasteiger partial charge in [0.15, 0.2) is 5.82 Å². The minimum Gasteiger partial charge on any atom is -0.508 e. The highest BCUT2D eigenvalue weighted by atomic mass is 19.1. The van der Waals surface area contributed by atoms with Gasteiger partial charge in [0, 0.05) is 105 Å². The molecule has 6 aliphatic rings. The van der Waals surface area contributed by atoms with Gasteiger partial charge < -0.3 is 29.9 Å². The molecule has 1 aliphatic carbocycles. The third kappa shape index (κ3) is 7.03. The molecule has 0 radical (unpaired) electrons. The summed E-state index contributed by atoms with van der Waals surface area (Å²) in [5.74, 6) is 0.505. The first-order valence-corrected chi connectivity index (χ1v) is 21.7. The highest BCUT2D eigenvalue weighted by Gasteiger charge is 2.46. The molecule has 1 saturated carbocycles. The standard InChI is InChI=1S/C47H45F2N9O5/c1-2-32-36(48)8-3-26-18-31(59)19-34(39(26)32)41-40(49)42-35(20-50-41)43(57-22-28-4-5-29(23-57)51-28)54-46(53-42)63-25-47(11-12-47)24-55-13-15-56(16-14-55)30-6-7-33-27(17-30)21-58(45(33)62)37-9-10-38(60)52-44(37)61/h1,3,6-8,17-20,28-29,37,51,59H,4-5,9-16,21-25H2,(H,52,60,61). The number of terminal acetylenes is 1. The number of fused-ring (bicyclic) bond motifs is 5. The van der Waals surface area contributed by atoms with Crippen molar-refractivity contribution in [3.05, 3.63) is 77.0 Å². The summed E-state index contributed by atoms with van der Waals surface area (Å²) in [6, 6.07) is 11.4. The number of benzene rings is 3. The number of hydrogen-bond donors (Lipinski definition) is 3. The Morgan fingerprint density at radius 3 is 2.48 bits per heavy atom. The number of piperazine rings is 2. The van der Waals surface area contributed by atoms with Gasteiger partial charge in [-0.2, -0.15) is 9.97 Å². The lowest BCUT2D eigenvalue weighted by Gasteiger charge is -2.38. The zero-order valence-corrected chi connectivity index (χ0v) is 34.5. The molecule has 2 aromatic heterocycles. The summed E-state index contributed by atoms with van der Waals surface area (Å²) in [4.78, 5) is 60.1. The van der Waals surface area contributed by atoms with Gasteiger partial charge in [0.2, 0.25) is 11.8 Å². The Kier molecular flexibility index (Phi) is 9.46. The molecule has 5 fully saturated rings. The van der Waals surface area contributed by atoms with Crippen molar-refractivity contribution in [2.45, 2.75) is 63.2 Å². The van der Waals surface area contributed by atoms with Gasteiger partial charge in [-0.15, -0.1) is 6.42 Å². The van der Waals surface area contributed by atoms with E-state index in [4.69, 9.17) is 16.1 Å². The lowest BCUT2D eigenvalue weighted by molar-refractivity contribution is -0.136. The Morgan fingerprint density at radius 1 is 0.937 bits per heavy atom. The fraction of sp³-hybridized carbons (Fsp3) is 0.404. The Balaban J connectivity index is 0.813. The predicted octanol–water partition coefficient (Wildman–Crippen LogP) is 4.49. The Hall–Kier alpha value is -6.44. The number of ether oxygens (including phenoxy) is 1. The van der Waals surface area contributed by atoms with Crippen molar-refractivity contribution in [1.29, 1.82) is 0 Å². The van der Waals surface area contributed by atoms with Crippen LogP contribution in [0.1, 0.15) is 60.0 Å². The van der Waals surface area contributed by atoms with Gasteiger partial charge in [-0.05, 0) is 79.5 Å². The zero-order valence-electron chi connectivity index (χ0n) is 34.5. The second kappa shape index (κ2) is 15.1. The van der Waals surface area contributed by atoms with Crippen LogP contribution in [-0.2, 0) is 16.1 Å². The monoisotopic (exact) mass is 853 g/mol. The third-order valence-corrected chi connectivity index (χ3v) is 13.9. The number of carbonyl (C=O) groups is 3. The van der Waals surface area contributed by atoms with Gasteiger partial charge in [0.1, 0.15) is 34.6 Å². The molecule has 0 spiro atoms. The van der Waals surface area contributed by atoms with E-state index < -0.39 is 23.6 Å².